The van der Waals surface area contributed by atoms with E-state index in [2.05, 4.69) is 15.5 Å². The van der Waals surface area contributed by atoms with Crippen LogP contribution in [-0.2, 0) is 9.53 Å². The number of thiophene rings is 1. The summed E-state index contributed by atoms with van der Waals surface area (Å²) in [7, 11) is 0. The molecule has 1 atom stereocenters. The van der Waals surface area contributed by atoms with Crippen molar-refractivity contribution in [2.45, 2.75) is 13.0 Å². The van der Waals surface area contributed by atoms with E-state index in [-0.39, 0.29) is 18.5 Å². The number of hydrogen-bond donors (Lipinski definition) is 2. The van der Waals surface area contributed by atoms with Crippen molar-refractivity contribution in [3.05, 3.63) is 57.8 Å². The molecule has 10 heteroatoms. The fourth-order valence-electron chi connectivity index (χ4n) is 3.75. The third-order valence-electron chi connectivity index (χ3n) is 5.25. The van der Waals surface area contributed by atoms with Gasteiger partial charge < -0.3 is 24.7 Å². The molecular formula is C21H24N4O5S. The van der Waals surface area contributed by atoms with Gasteiger partial charge in [-0.3, -0.25) is 9.69 Å². The Kier molecular flexibility index (Phi) is 6.38. The lowest BCUT2D eigenvalue weighted by molar-refractivity contribution is -0.139. The van der Waals surface area contributed by atoms with E-state index in [1.165, 1.54) is 17.6 Å². The summed E-state index contributed by atoms with van der Waals surface area (Å²) in [5, 5.41) is 7.53. The maximum absolute atomic E-state index is 12.8. The highest BCUT2D eigenvalue weighted by Gasteiger charge is 2.35. The Bertz CT molecular complexity index is 962. The second kappa shape index (κ2) is 9.36. The van der Waals surface area contributed by atoms with Crippen LogP contribution in [0.1, 0.15) is 28.4 Å². The monoisotopic (exact) mass is 444 g/mol. The molecule has 164 valence electrons. The van der Waals surface area contributed by atoms with Crippen LogP contribution in [0.2, 0.25) is 0 Å². The highest BCUT2D eigenvalue weighted by Crippen LogP contribution is 2.31. The molecule has 0 radical (unpaired) electrons. The van der Waals surface area contributed by atoms with Gasteiger partial charge in [-0.1, -0.05) is 6.07 Å². The van der Waals surface area contributed by atoms with Crippen LogP contribution in [0.25, 0.3) is 0 Å². The van der Waals surface area contributed by atoms with E-state index in [4.69, 9.17) is 9.15 Å². The quantitative estimate of drug-likeness (QED) is 0.661. The molecule has 0 spiro atoms. The van der Waals surface area contributed by atoms with Crippen LogP contribution in [0.5, 0.6) is 0 Å². The Balaban J connectivity index is 1.50. The number of hydrogen-bond acceptors (Lipinski definition) is 7. The van der Waals surface area contributed by atoms with Crippen molar-refractivity contribution in [2.75, 3.05) is 39.3 Å². The van der Waals surface area contributed by atoms with Gasteiger partial charge in [0.2, 0.25) is 0 Å². The Morgan fingerprint density at radius 2 is 2.03 bits per heavy atom. The van der Waals surface area contributed by atoms with Crippen LogP contribution in [-0.4, -0.2) is 67.0 Å². The summed E-state index contributed by atoms with van der Waals surface area (Å²) in [5.41, 5.74) is 0.949. The number of furan rings is 1. The average Bonchev–Trinajstić information content (AvgIpc) is 3.48. The minimum Gasteiger partial charge on any atom is -0.463 e. The Labute approximate surface area is 183 Å². The first-order valence-corrected chi connectivity index (χ1v) is 11.0. The maximum atomic E-state index is 12.8. The van der Waals surface area contributed by atoms with Crippen LogP contribution in [0.4, 0.5) is 4.79 Å². The normalized spacial score (nSPS) is 19.7. The molecule has 0 unspecified atom stereocenters. The molecule has 2 aliphatic rings. The van der Waals surface area contributed by atoms with Crippen LogP contribution in [0.3, 0.4) is 0 Å². The van der Waals surface area contributed by atoms with Gasteiger partial charge in [-0.05, 0) is 30.5 Å². The van der Waals surface area contributed by atoms with Crippen molar-refractivity contribution < 1.29 is 23.5 Å². The molecule has 2 aromatic heterocycles. The van der Waals surface area contributed by atoms with Crippen LogP contribution >= 0.6 is 11.3 Å². The van der Waals surface area contributed by atoms with Crippen molar-refractivity contribution in [3.8, 4) is 0 Å². The predicted molar refractivity (Wildman–Crippen MR) is 113 cm³/mol. The lowest BCUT2D eigenvalue weighted by atomic mass is 10.0. The fourth-order valence-corrected chi connectivity index (χ4v) is 4.53. The second-order valence-electron chi connectivity index (χ2n) is 7.21. The number of ether oxygens (including phenoxy) is 1. The Morgan fingerprint density at radius 3 is 2.68 bits per heavy atom. The summed E-state index contributed by atoms with van der Waals surface area (Å²) in [6, 6.07) is 6.21. The molecule has 3 amide bonds. The molecule has 2 aliphatic heterocycles. The summed E-state index contributed by atoms with van der Waals surface area (Å²) < 4.78 is 10.5. The van der Waals surface area contributed by atoms with E-state index in [1.807, 2.05) is 17.5 Å². The zero-order valence-corrected chi connectivity index (χ0v) is 17.9. The molecule has 1 saturated heterocycles. The number of carbonyl (C=O) groups is 3. The topological polar surface area (TPSA) is 104 Å². The molecule has 1 fully saturated rings. The maximum Gasteiger partial charge on any atom is 0.338 e. The molecule has 0 aliphatic carbocycles. The van der Waals surface area contributed by atoms with E-state index < -0.39 is 12.0 Å². The summed E-state index contributed by atoms with van der Waals surface area (Å²) >= 11 is 1.47. The number of nitrogens with one attached hydrogen (secondary N) is 2. The molecule has 4 rings (SSSR count). The fraction of sp³-hybridized carbons (Fsp3) is 0.381. The van der Waals surface area contributed by atoms with Gasteiger partial charge in [-0.2, -0.15) is 0 Å². The van der Waals surface area contributed by atoms with E-state index in [0.29, 0.717) is 49.8 Å². The summed E-state index contributed by atoms with van der Waals surface area (Å²) in [6.45, 7) is 4.66. The minimum absolute atomic E-state index is 0.135. The van der Waals surface area contributed by atoms with Gasteiger partial charge in [0.05, 0.1) is 24.5 Å². The second-order valence-corrected chi connectivity index (χ2v) is 8.18. The smallest absolute Gasteiger partial charge is 0.338 e. The SMILES string of the molecule is CCOC(=O)C1=C(CN2CCN(C(=O)c3ccco3)CC2)NC(=O)N[C@@H]1c1cccs1. The first kappa shape index (κ1) is 21.1. The highest BCUT2D eigenvalue weighted by atomic mass is 32.1. The van der Waals surface area contributed by atoms with Crippen LogP contribution in [0.15, 0.2) is 51.6 Å². The number of carbonyl (C=O) groups excluding carboxylic acids is 3. The van der Waals surface area contributed by atoms with E-state index in [9.17, 15) is 14.4 Å². The van der Waals surface area contributed by atoms with E-state index >= 15 is 0 Å². The lowest BCUT2D eigenvalue weighted by Crippen LogP contribution is -2.52. The number of esters is 1. The zero-order valence-electron chi connectivity index (χ0n) is 17.1. The van der Waals surface area contributed by atoms with Gasteiger partial charge >= 0.3 is 12.0 Å². The number of piperazine rings is 1. The van der Waals surface area contributed by atoms with E-state index in [1.54, 1.807) is 24.0 Å². The summed E-state index contributed by atoms with van der Waals surface area (Å²) in [4.78, 5) is 42.3. The number of amides is 3. The largest absolute Gasteiger partial charge is 0.463 e. The summed E-state index contributed by atoms with van der Waals surface area (Å²) in [5.74, 6) is -0.260. The average molecular weight is 445 g/mol. The molecule has 0 bridgehead atoms. The van der Waals surface area contributed by atoms with Crippen molar-refractivity contribution >= 4 is 29.2 Å². The standard InChI is InChI=1S/C21H24N4O5S/c1-2-29-20(27)17-14(22-21(28)23-18(17)16-6-4-12-31-16)13-24-7-9-25(10-8-24)19(26)15-5-3-11-30-15/h3-6,11-12,18H,2,7-10,13H2,1H3,(H2,22,23,28)/t18-/m1/s1. The third kappa shape index (κ3) is 4.64. The first-order chi connectivity index (χ1) is 15.1. The molecule has 31 heavy (non-hydrogen) atoms. The predicted octanol–water partition coefficient (Wildman–Crippen LogP) is 1.97. The van der Waals surface area contributed by atoms with E-state index in [0.717, 1.165) is 4.88 Å². The molecule has 4 heterocycles. The molecular weight excluding hydrogens is 420 g/mol. The Hall–Kier alpha value is -3.11. The number of urea groups is 1. The Morgan fingerprint density at radius 1 is 1.23 bits per heavy atom. The van der Waals surface area contributed by atoms with Crippen molar-refractivity contribution in [1.82, 2.24) is 20.4 Å². The number of rotatable bonds is 6. The van der Waals surface area contributed by atoms with Gasteiger partial charge in [0.1, 0.15) is 0 Å². The van der Waals surface area contributed by atoms with Gasteiger partial charge in [-0.25, -0.2) is 9.59 Å². The van der Waals surface area contributed by atoms with Crippen molar-refractivity contribution in [1.29, 1.82) is 0 Å². The van der Waals surface area contributed by atoms with Crippen molar-refractivity contribution in [2.24, 2.45) is 0 Å². The molecule has 0 aromatic carbocycles. The third-order valence-corrected chi connectivity index (χ3v) is 6.19. The summed E-state index contributed by atoms with van der Waals surface area (Å²) in [6.07, 6.45) is 1.48. The lowest BCUT2D eigenvalue weighted by Gasteiger charge is -2.36. The number of nitrogens with zero attached hydrogens (tertiary/aromatic N) is 2. The van der Waals surface area contributed by atoms with Gasteiger partial charge in [-0.15, -0.1) is 11.3 Å². The van der Waals surface area contributed by atoms with Crippen molar-refractivity contribution in [3.63, 3.8) is 0 Å². The van der Waals surface area contributed by atoms with Crippen LogP contribution < -0.4 is 10.6 Å². The highest BCUT2D eigenvalue weighted by molar-refractivity contribution is 7.10. The molecule has 0 saturated carbocycles. The molecule has 2 N–H and O–H groups in total. The molecule has 9 nitrogen and oxygen atoms in total. The zero-order chi connectivity index (χ0) is 21.8. The minimum atomic E-state index is -0.551. The van der Waals surface area contributed by atoms with Crippen LogP contribution in [0, 0.1) is 0 Å². The van der Waals surface area contributed by atoms with Gasteiger partial charge in [0.25, 0.3) is 5.91 Å². The van der Waals surface area contributed by atoms with Gasteiger partial charge in [0, 0.05) is 43.3 Å². The molecule has 2 aromatic rings. The van der Waals surface area contributed by atoms with Gasteiger partial charge in [0.15, 0.2) is 5.76 Å². The first-order valence-electron chi connectivity index (χ1n) is 10.1.